The maximum Gasteiger partial charge on any atom is 0.407 e. The summed E-state index contributed by atoms with van der Waals surface area (Å²) in [7, 11) is 0. The second-order valence-electron chi connectivity index (χ2n) is 11.1. The number of hydrogen-bond donors (Lipinski definition) is 2. The highest BCUT2D eigenvalue weighted by Crippen LogP contribution is 2.47. The molecule has 0 unspecified atom stereocenters. The van der Waals surface area contributed by atoms with Gasteiger partial charge in [-0.25, -0.2) is 9.59 Å². The summed E-state index contributed by atoms with van der Waals surface area (Å²) in [6.45, 7) is 0.0432. The lowest BCUT2D eigenvalue weighted by Gasteiger charge is -2.33. The van der Waals surface area contributed by atoms with Crippen LogP contribution in [0.15, 0.2) is 78.9 Å². The summed E-state index contributed by atoms with van der Waals surface area (Å²) in [6.07, 6.45) is 0.503. The summed E-state index contributed by atoms with van der Waals surface area (Å²) in [5.41, 5.74) is 3.71. The number of benzene rings is 3. The molecule has 0 saturated carbocycles. The third-order valence-corrected chi connectivity index (χ3v) is 8.79. The Labute approximate surface area is 243 Å². The fourth-order valence-corrected chi connectivity index (χ4v) is 6.75. The molecule has 2 bridgehead atoms. The van der Waals surface area contributed by atoms with Crippen LogP contribution in [0.25, 0.3) is 11.1 Å². The van der Waals surface area contributed by atoms with Crippen LogP contribution in [0.3, 0.4) is 0 Å². The zero-order chi connectivity index (χ0) is 29.3. The molecule has 2 N–H and O–H groups in total. The van der Waals surface area contributed by atoms with E-state index in [4.69, 9.17) is 9.47 Å². The summed E-state index contributed by atoms with van der Waals surface area (Å²) in [5, 5.41) is 12.6. The van der Waals surface area contributed by atoms with Crippen molar-refractivity contribution in [2.45, 2.75) is 62.3 Å². The van der Waals surface area contributed by atoms with E-state index < -0.39 is 41.9 Å². The number of carboxylic acid groups (broad SMARTS) is 1. The lowest BCUT2D eigenvalue weighted by molar-refractivity contribution is -0.157. The van der Waals surface area contributed by atoms with Crippen molar-refractivity contribution in [1.82, 2.24) is 10.2 Å². The van der Waals surface area contributed by atoms with Crippen LogP contribution in [0.1, 0.15) is 54.7 Å². The number of aliphatic carboxylic acids is 1. The molecule has 1 atom stereocenters. The van der Waals surface area contributed by atoms with Crippen molar-refractivity contribution in [3.05, 3.63) is 95.6 Å². The third kappa shape index (κ3) is 5.00. The molecule has 1 aliphatic carbocycles. The number of carbonyl (C=O) groups excluding carboxylic acids is 3. The Morgan fingerprint density at radius 1 is 0.857 bits per heavy atom. The van der Waals surface area contributed by atoms with E-state index >= 15 is 0 Å². The van der Waals surface area contributed by atoms with Gasteiger partial charge in [-0.05, 0) is 53.5 Å². The zero-order valence-corrected chi connectivity index (χ0v) is 23.0. The molecule has 6 rings (SSSR count). The molecular weight excluding hydrogens is 536 g/mol. The predicted octanol–water partition coefficient (Wildman–Crippen LogP) is 4.64. The first kappa shape index (κ1) is 27.5. The van der Waals surface area contributed by atoms with Gasteiger partial charge in [-0.3, -0.25) is 9.59 Å². The Balaban J connectivity index is 1.17. The van der Waals surface area contributed by atoms with Crippen LogP contribution in [-0.4, -0.2) is 58.2 Å². The lowest BCUT2D eigenvalue weighted by atomic mass is 9.88. The number of nitrogens with one attached hydrogen (secondary N) is 1. The van der Waals surface area contributed by atoms with Crippen LogP contribution in [-0.2, 0) is 30.5 Å². The van der Waals surface area contributed by atoms with Crippen LogP contribution >= 0.6 is 0 Å². The standard InChI is InChI=1S/C33H32N2O7/c36-29(41-19-21-8-2-1-3-9-21)18-28(30(37)35-22-14-16-33(35,17-15-22)31(38)39)34-32(40)42-20-27-25-12-6-4-10-23(25)24-11-5-7-13-26(24)27/h1-13,22,27-28H,14-20H2,(H,34,40)(H,38,39)/t22?,28-,33?/m0/s1. The summed E-state index contributed by atoms with van der Waals surface area (Å²) >= 11 is 0. The fourth-order valence-electron chi connectivity index (χ4n) is 6.75. The Hall–Kier alpha value is -4.66. The van der Waals surface area contributed by atoms with Gasteiger partial charge in [-0.2, -0.15) is 0 Å². The molecule has 2 aliphatic heterocycles. The maximum atomic E-state index is 13.8. The summed E-state index contributed by atoms with van der Waals surface area (Å²) < 4.78 is 11.0. The number of carbonyl (C=O) groups is 4. The van der Waals surface area contributed by atoms with E-state index in [0.717, 1.165) is 27.8 Å². The van der Waals surface area contributed by atoms with E-state index in [0.29, 0.717) is 25.7 Å². The van der Waals surface area contributed by atoms with Gasteiger partial charge in [0.1, 0.15) is 24.8 Å². The van der Waals surface area contributed by atoms with Crippen molar-refractivity contribution in [1.29, 1.82) is 0 Å². The quantitative estimate of drug-likeness (QED) is 0.361. The van der Waals surface area contributed by atoms with Crippen LogP contribution < -0.4 is 5.32 Å². The Morgan fingerprint density at radius 2 is 1.45 bits per heavy atom. The van der Waals surface area contributed by atoms with Crippen LogP contribution in [0.5, 0.6) is 0 Å². The molecule has 42 heavy (non-hydrogen) atoms. The Kier molecular flexibility index (Phi) is 7.41. The molecule has 3 aliphatic rings. The van der Waals surface area contributed by atoms with Crippen molar-refractivity contribution in [3.63, 3.8) is 0 Å². The number of nitrogens with zero attached hydrogens (tertiary/aromatic N) is 1. The van der Waals surface area contributed by atoms with Gasteiger partial charge in [0.25, 0.3) is 0 Å². The summed E-state index contributed by atoms with van der Waals surface area (Å²) in [4.78, 5) is 53.5. The molecule has 2 amide bonds. The number of alkyl carbamates (subject to hydrolysis) is 1. The van der Waals surface area contributed by atoms with Gasteiger partial charge < -0.3 is 24.8 Å². The van der Waals surface area contributed by atoms with Crippen molar-refractivity contribution >= 4 is 23.9 Å². The average molecular weight is 569 g/mol. The minimum atomic E-state index is -1.33. The topological polar surface area (TPSA) is 122 Å². The van der Waals surface area contributed by atoms with Gasteiger partial charge in [0.2, 0.25) is 5.91 Å². The molecule has 3 aromatic carbocycles. The van der Waals surface area contributed by atoms with Crippen LogP contribution in [0.2, 0.25) is 0 Å². The SMILES string of the molecule is O=C(C[C@H](NC(=O)OCC1c2ccccc2-c2ccccc21)C(=O)N1C2CCC1(C(=O)O)CC2)OCc1ccccc1. The minimum absolute atomic E-state index is 0.0108. The number of carboxylic acids is 1. The molecular formula is C33H32N2O7. The minimum Gasteiger partial charge on any atom is -0.479 e. The third-order valence-electron chi connectivity index (χ3n) is 8.79. The number of fused-ring (bicyclic) bond motifs is 5. The molecule has 0 radical (unpaired) electrons. The van der Waals surface area contributed by atoms with Gasteiger partial charge in [-0.15, -0.1) is 0 Å². The molecule has 2 heterocycles. The summed E-state index contributed by atoms with van der Waals surface area (Å²) in [6, 6.07) is 23.4. The maximum absolute atomic E-state index is 13.8. The summed E-state index contributed by atoms with van der Waals surface area (Å²) in [5.74, 6) is -2.55. The van der Waals surface area contributed by atoms with E-state index in [-0.39, 0.29) is 25.2 Å². The second-order valence-corrected chi connectivity index (χ2v) is 11.1. The van der Waals surface area contributed by atoms with Gasteiger partial charge >= 0.3 is 18.0 Å². The van der Waals surface area contributed by atoms with E-state index in [1.807, 2.05) is 78.9 Å². The molecule has 9 nitrogen and oxygen atoms in total. The number of esters is 1. The van der Waals surface area contributed by atoms with Gasteiger partial charge in [-0.1, -0.05) is 78.9 Å². The van der Waals surface area contributed by atoms with Gasteiger partial charge in [0.15, 0.2) is 0 Å². The van der Waals surface area contributed by atoms with Crippen molar-refractivity contribution < 1.29 is 33.8 Å². The lowest BCUT2D eigenvalue weighted by Crippen LogP contribution is -2.57. The molecule has 216 valence electrons. The Bertz CT molecular complexity index is 1470. The highest BCUT2D eigenvalue weighted by Gasteiger charge is 2.59. The first-order valence-corrected chi connectivity index (χ1v) is 14.2. The van der Waals surface area contributed by atoms with Crippen molar-refractivity contribution in [2.75, 3.05) is 6.61 Å². The first-order chi connectivity index (χ1) is 20.4. The van der Waals surface area contributed by atoms with Crippen LogP contribution in [0.4, 0.5) is 4.79 Å². The van der Waals surface area contributed by atoms with Gasteiger partial charge in [0, 0.05) is 12.0 Å². The first-order valence-electron chi connectivity index (χ1n) is 14.2. The molecule has 0 spiro atoms. The fraction of sp³-hybridized carbons (Fsp3) is 0.333. The smallest absolute Gasteiger partial charge is 0.407 e. The zero-order valence-electron chi connectivity index (χ0n) is 23.0. The monoisotopic (exact) mass is 568 g/mol. The largest absolute Gasteiger partial charge is 0.479 e. The molecule has 3 aromatic rings. The van der Waals surface area contributed by atoms with Crippen LogP contribution in [0, 0.1) is 0 Å². The van der Waals surface area contributed by atoms with Crippen molar-refractivity contribution in [2.24, 2.45) is 0 Å². The normalized spacial score (nSPS) is 20.9. The van der Waals surface area contributed by atoms with E-state index in [1.165, 1.54) is 4.90 Å². The highest BCUT2D eigenvalue weighted by atomic mass is 16.5. The molecule has 9 heteroatoms. The molecule has 2 saturated heterocycles. The number of rotatable bonds is 9. The Morgan fingerprint density at radius 3 is 2.07 bits per heavy atom. The average Bonchev–Trinajstić information content (AvgIpc) is 3.68. The van der Waals surface area contributed by atoms with E-state index in [9.17, 15) is 24.3 Å². The highest BCUT2D eigenvalue weighted by molar-refractivity contribution is 5.95. The molecule has 2 fully saturated rings. The van der Waals surface area contributed by atoms with Gasteiger partial charge in [0.05, 0.1) is 6.42 Å². The van der Waals surface area contributed by atoms with E-state index in [2.05, 4.69) is 5.32 Å². The molecule has 0 aromatic heterocycles. The van der Waals surface area contributed by atoms with E-state index in [1.54, 1.807) is 0 Å². The number of ether oxygens (including phenoxy) is 2. The predicted molar refractivity (Wildman–Crippen MR) is 152 cm³/mol. The van der Waals surface area contributed by atoms with Crippen molar-refractivity contribution in [3.8, 4) is 11.1 Å². The number of amides is 2. The second kappa shape index (κ2) is 11.3. The number of hydrogen-bond acceptors (Lipinski definition) is 6.